The van der Waals surface area contributed by atoms with Crippen molar-refractivity contribution in [2.24, 2.45) is 0 Å². The minimum atomic E-state index is 0.282. The maximum Gasteiger partial charge on any atom is 0.213 e. The van der Waals surface area contributed by atoms with Crippen LogP contribution in [-0.4, -0.2) is 56.8 Å². The summed E-state index contributed by atoms with van der Waals surface area (Å²) in [7, 11) is 2.13. The molecule has 0 radical (unpaired) electrons. The van der Waals surface area contributed by atoms with Crippen LogP contribution in [0, 0.1) is 14.8 Å². The van der Waals surface area contributed by atoms with Crippen molar-refractivity contribution in [1.82, 2.24) is 23.6 Å². The van der Waals surface area contributed by atoms with E-state index in [1.807, 2.05) is 105 Å². The Balaban J connectivity index is 1.78. The van der Waals surface area contributed by atoms with Crippen molar-refractivity contribution in [3.8, 4) is 17.1 Å². The molecular weight excluding hydrogens is 511 g/mol. The van der Waals surface area contributed by atoms with Crippen LogP contribution in [0.3, 0.4) is 0 Å². The van der Waals surface area contributed by atoms with E-state index in [4.69, 9.17) is 29.4 Å². The number of para-hydroxylation sites is 3. The molecule has 7 nitrogen and oxygen atoms in total. The highest BCUT2D eigenvalue weighted by Gasteiger charge is 2.24. The number of hydrogen-bond acceptors (Lipinski definition) is 6. The average molecular weight is 538 g/mol. The topological polar surface area (TPSA) is 58.0 Å². The molecule has 0 atom stereocenters. The molecule has 190 valence electrons. The van der Waals surface area contributed by atoms with Gasteiger partial charge in [-0.15, -0.1) is 0 Å². The molecule has 1 saturated heterocycles. The molecule has 6 rings (SSSR count). The van der Waals surface area contributed by atoms with Crippen molar-refractivity contribution in [1.29, 1.82) is 5.41 Å². The molecule has 0 saturated carbocycles. The zero-order chi connectivity index (χ0) is 26.2. The van der Waals surface area contributed by atoms with E-state index in [1.54, 1.807) is 0 Å². The van der Waals surface area contributed by atoms with Crippen molar-refractivity contribution in [2.45, 2.75) is 0 Å². The van der Waals surface area contributed by atoms with Crippen LogP contribution in [-0.2, 0) is 0 Å². The summed E-state index contributed by atoms with van der Waals surface area (Å²) in [4.78, 5) is 9.82. The number of hydrogen-bond donors (Lipinski definition) is 1. The fourth-order valence-corrected chi connectivity index (χ4v) is 5.75. The van der Waals surface area contributed by atoms with Crippen LogP contribution in [0.15, 0.2) is 91.0 Å². The lowest BCUT2D eigenvalue weighted by Crippen LogP contribution is -2.46. The van der Waals surface area contributed by atoms with Crippen molar-refractivity contribution in [3.63, 3.8) is 0 Å². The van der Waals surface area contributed by atoms with Gasteiger partial charge in [0.1, 0.15) is 10.1 Å². The lowest BCUT2D eigenvalue weighted by atomic mass is 10.2. The zero-order valence-corrected chi connectivity index (χ0v) is 22.6. The van der Waals surface area contributed by atoms with Gasteiger partial charge in [0.25, 0.3) is 0 Å². The second-order valence-electron chi connectivity index (χ2n) is 9.35. The maximum absolute atomic E-state index is 9.56. The first kappa shape index (κ1) is 24.4. The van der Waals surface area contributed by atoms with E-state index in [9.17, 15) is 5.41 Å². The lowest BCUT2D eigenvalue weighted by Gasteiger charge is -2.34. The monoisotopic (exact) mass is 537 g/mol. The summed E-state index contributed by atoms with van der Waals surface area (Å²) in [5.74, 6) is 0.716. The normalized spacial score (nSPS) is 14.2. The van der Waals surface area contributed by atoms with Crippen LogP contribution < -0.4 is 10.4 Å². The van der Waals surface area contributed by atoms with Gasteiger partial charge in [-0.2, -0.15) is 4.98 Å². The van der Waals surface area contributed by atoms with Crippen LogP contribution >= 0.6 is 24.4 Å². The molecule has 1 fully saturated rings. The van der Waals surface area contributed by atoms with Crippen molar-refractivity contribution in [2.75, 3.05) is 38.1 Å². The van der Waals surface area contributed by atoms with Gasteiger partial charge < -0.3 is 9.80 Å². The SMILES string of the molecule is CN1CCN(c2nc3c(c(=N)n2-c2ccccc2)c(=S)n(-c2ccccc2)c(=S)n3-c2ccccc2)CC1. The Morgan fingerprint density at radius 3 is 1.66 bits per heavy atom. The minimum absolute atomic E-state index is 0.282. The smallest absolute Gasteiger partial charge is 0.213 e. The Kier molecular flexibility index (Phi) is 6.49. The van der Waals surface area contributed by atoms with Gasteiger partial charge in [-0.1, -0.05) is 66.8 Å². The number of rotatable bonds is 4. The minimum Gasteiger partial charge on any atom is -0.339 e. The van der Waals surface area contributed by atoms with Crippen molar-refractivity contribution >= 4 is 41.4 Å². The third-order valence-electron chi connectivity index (χ3n) is 6.93. The zero-order valence-electron chi connectivity index (χ0n) is 21.0. The predicted octanol–water partition coefficient (Wildman–Crippen LogP) is 5.30. The molecule has 5 aromatic rings. The van der Waals surface area contributed by atoms with Gasteiger partial charge in [-0.25, -0.2) is 0 Å². The van der Waals surface area contributed by atoms with Gasteiger partial charge in [-0.3, -0.25) is 19.1 Å². The van der Waals surface area contributed by atoms with E-state index < -0.39 is 0 Å². The first-order valence-electron chi connectivity index (χ1n) is 12.5. The maximum atomic E-state index is 9.56. The quantitative estimate of drug-likeness (QED) is 0.316. The molecule has 0 spiro atoms. The van der Waals surface area contributed by atoms with Gasteiger partial charge in [0.2, 0.25) is 5.95 Å². The summed E-state index contributed by atoms with van der Waals surface area (Å²) in [5.41, 5.74) is 3.46. The fraction of sp³-hybridized carbons (Fsp3) is 0.172. The van der Waals surface area contributed by atoms with Gasteiger partial charge in [0.05, 0.1) is 11.1 Å². The van der Waals surface area contributed by atoms with E-state index in [1.165, 1.54) is 0 Å². The molecule has 1 aliphatic heterocycles. The Bertz CT molecular complexity index is 1790. The number of likely N-dealkylation sites (N-methyl/N-ethyl adjacent to an activating group) is 1. The first-order valence-corrected chi connectivity index (χ1v) is 13.4. The summed E-state index contributed by atoms with van der Waals surface area (Å²) in [6.07, 6.45) is 0. The summed E-state index contributed by atoms with van der Waals surface area (Å²) < 4.78 is 6.70. The molecule has 0 unspecified atom stereocenters. The molecule has 0 amide bonds. The van der Waals surface area contributed by atoms with E-state index in [2.05, 4.69) is 16.8 Å². The lowest BCUT2D eigenvalue weighted by molar-refractivity contribution is 0.310. The van der Waals surface area contributed by atoms with Crippen LogP contribution in [0.25, 0.3) is 28.1 Å². The molecule has 0 aliphatic carbocycles. The fourth-order valence-electron chi connectivity index (χ4n) is 4.92. The largest absolute Gasteiger partial charge is 0.339 e. The highest BCUT2D eigenvalue weighted by molar-refractivity contribution is 7.72. The van der Waals surface area contributed by atoms with E-state index in [0.29, 0.717) is 26.4 Å². The number of aromatic nitrogens is 4. The van der Waals surface area contributed by atoms with Crippen LogP contribution in [0.4, 0.5) is 5.95 Å². The second kappa shape index (κ2) is 10.1. The molecule has 0 bridgehead atoms. The number of anilines is 1. The van der Waals surface area contributed by atoms with Gasteiger partial charge >= 0.3 is 0 Å². The molecule has 38 heavy (non-hydrogen) atoms. The van der Waals surface area contributed by atoms with Crippen molar-refractivity contribution in [3.05, 3.63) is 106 Å². The standard InChI is InChI=1S/C29H27N7S2/c1-32-17-19-33(20-18-32)28-31-26-24(25(30)34(28)21-11-5-2-6-12-21)27(37)36(23-15-9-4-10-16-23)29(38)35(26)22-13-7-3-8-14-22/h2-16,30H,17-20H2,1H3. The number of benzene rings is 3. The molecule has 3 aromatic carbocycles. The number of nitrogens with one attached hydrogen (secondary N) is 1. The highest BCUT2D eigenvalue weighted by atomic mass is 32.1. The van der Waals surface area contributed by atoms with Gasteiger partial charge in [0, 0.05) is 37.6 Å². The molecule has 1 N–H and O–H groups in total. The second-order valence-corrected chi connectivity index (χ2v) is 10.1. The van der Waals surface area contributed by atoms with E-state index >= 15 is 0 Å². The third kappa shape index (κ3) is 4.18. The van der Waals surface area contributed by atoms with E-state index in [0.717, 1.165) is 43.2 Å². The summed E-state index contributed by atoms with van der Waals surface area (Å²) in [6.45, 7) is 3.46. The number of nitrogens with zero attached hydrogens (tertiary/aromatic N) is 6. The first-order chi connectivity index (χ1) is 18.5. The predicted molar refractivity (Wildman–Crippen MR) is 157 cm³/mol. The Morgan fingerprint density at radius 2 is 1.13 bits per heavy atom. The highest BCUT2D eigenvalue weighted by Crippen LogP contribution is 2.25. The molecule has 2 aromatic heterocycles. The Morgan fingerprint density at radius 1 is 0.658 bits per heavy atom. The van der Waals surface area contributed by atoms with Gasteiger partial charge in [-0.05, 0) is 55.7 Å². The number of piperazine rings is 1. The van der Waals surface area contributed by atoms with Gasteiger partial charge in [0.15, 0.2) is 10.4 Å². The van der Waals surface area contributed by atoms with E-state index in [-0.39, 0.29) is 5.49 Å². The Labute approximate surface area is 231 Å². The molecular formula is C29H27N7S2. The van der Waals surface area contributed by atoms with Crippen LogP contribution in [0.1, 0.15) is 0 Å². The number of fused-ring (bicyclic) bond motifs is 1. The summed E-state index contributed by atoms with van der Waals surface area (Å²) in [6, 6.07) is 29.7. The molecule has 3 heterocycles. The van der Waals surface area contributed by atoms with Crippen LogP contribution in [0.5, 0.6) is 0 Å². The molecule has 9 heteroatoms. The molecule has 1 aliphatic rings. The summed E-state index contributed by atoms with van der Waals surface area (Å²) >= 11 is 12.2. The van der Waals surface area contributed by atoms with Crippen molar-refractivity contribution < 1.29 is 0 Å². The Hall–Kier alpha value is -3.92. The van der Waals surface area contributed by atoms with Crippen LogP contribution in [0.2, 0.25) is 0 Å². The summed E-state index contributed by atoms with van der Waals surface area (Å²) in [5, 5.41) is 10.1. The average Bonchev–Trinajstić information content (AvgIpc) is 2.95. The third-order valence-corrected chi connectivity index (χ3v) is 7.68.